The number of fused-ring (bicyclic) bond motifs is 4. The maximum absolute atomic E-state index is 13.5. The highest BCUT2D eigenvalue weighted by molar-refractivity contribution is 5.77. The molecule has 6 heteroatoms. The summed E-state index contributed by atoms with van der Waals surface area (Å²) in [6.07, 6.45) is 5.82. The van der Waals surface area contributed by atoms with Crippen LogP contribution in [-0.4, -0.2) is 37.0 Å². The van der Waals surface area contributed by atoms with Crippen LogP contribution in [0.25, 0.3) is 0 Å². The van der Waals surface area contributed by atoms with Crippen molar-refractivity contribution in [2.24, 2.45) is 34.5 Å². The summed E-state index contributed by atoms with van der Waals surface area (Å²) in [6.45, 7) is 11.4. The second-order valence-electron chi connectivity index (χ2n) is 12.9. The zero-order valence-electron chi connectivity index (χ0n) is 22.4. The van der Waals surface area contributed by atoms with Gasteiger partial charge in [-0.15, -0.1) is 0 Å². The molecule has 0 amide bonds. The molecule has 2 saturated heterocycles. The number of esters is 1. The second kappa shape index (κ2) is 8.13. The summed E-state index contributed by atoms with van der Waals surface area (Å²) in [6, 6.07) is 10.1. The number of hydrogen-bond donors (Lipinski definition) is 0. The third-order valence-corrected chi connectivity index (χ3v) is 9.94. The van der Waals surface area contributed by atoms with E-state index in [0.29, 0.717) is 12.5 Å². The molecule has 8 atom stereocenters. The molecule has 0 bridgehead atoms. The van der Waals surface area contributed by atoms with Crippen molar-refractivity contribution in [3.63, 3.8) is 0 Å². The number of rotatable bonds is 5. The lowest BCUT2D eigenvalue weighted by Gasteiger charge is -2.50. The quantitative estimate of drug-likeness (QED) is 0.390. The van der Waals surface area contributed by atoms with E-state index in [-0.39, 0.29) is 22.7 Å². The number of hydrogen-bond acceptors (Lipinski definition) is 6. The number of methoxy groups -OCH3 is 1. The molecule has 0 aromatic heterocycles. The molecule has 1 aromatic carbocycles. The third kappa shape index (κ3) is 3.40. The predicted molar refractivity (Wildman–Crippen MR) is 133 cm³/mol. The Labute approximate surface area is 214 Å². The van der Waals surface area contributed by atoms with Gasteiger partial charge in [0.1, 0.15) is 6.10 Å². The molecule has 196 valence electrons. The Bertz CT molecular complexity index is 1060. The molecule has 5 aliphatic rings. The van der Waals surface area contributed by atoms with Gasteiger partial charge in [-0.3, -0.25) is 4.79 Å². The van der Waals surface area contributed by atoms with E-state index in [1.54, 1.807) is 7.11 Å². The topological polar surface area (TPSA) is 63.2 Å². The maximum Gasteiger partial charge on any atom is 0.312 e. The second-order valence-corrected chi connectivity index (χ2v) is 12.9. The number of allylic oxidation sites excluding steroid dienone is 1. The first kappa shape index (κ1) is 24.6. The van der Waals surface area contributed by atoms with Gasteiger partial charge in [-0.2, -0.15) is 0 Å². The van der Waals surface area contributed by atoms with E-state index in [4.69, 9.17) is 23.7 Å². The summed E-state index contributed by atoms with van der Waals surface area (Å²) in [7, 11) is 1.59. The molecule has 0 unspecified atom stereocenters. The third-order valence-electron chi connectivity index (χ3n) is 9.94. The van der Waals surface area contributed by atoms with Gasteiger partial charge in [-0.25, -0.2) is 0 Å². The molecule has 0 N–H and O–H groups in total. The molecule has 0 radical (unpaired) electrons. The van der Waals surface area contributed by atoms with E-state index < -0.39 is 35.8 Å². The molecule has 4 fully saturated rings. The molecule has 2 saturated carbocycles. The van der Waals surface area contributed by atoms with Gasteiger partial charge in [-0.1, -0.05) is 69.2 Å². The van der Waals surface area contributed by atoms with E-state index >= 15 is 0 Å². The molecular weight excluding hydrogens is 456 g/mol. The zero-order chi connectivity index (χ0) is 25.5. The zero-order valence-corrected chi connectivity index (χ0v) is 22.4. The van der Waals surface area contributed by atoms with Crippen LogP contribution in [0.1, 0.15) is 65.9 Å². The van der Waals surface area contributed by atoms with Crippen molar-refractivity contribution in [1.82, 2.24) is 0 Å². The van der Waals surface area contributed by atoms with Crippen molar-refractivity contribution in [3.05, 3.63) is 47.5 Å². The van der Waals surface area contributed by atoms with Gasteiger partial charge in [0.2, 0.25) is 12.1 Å². The minimum Gasteiger partial charge on any atom is -0.435 e. The van der Waals surface area contributed by atoms with Gasteiger partial charge in [0.05, 0.1) is 18.4 Å². The standard InChI is InChI=1S/C30H40O6/c1-27(2)15-10-16-29(5)19(13-14-20(27)29)21-22-23(26(32-6)34-25(22)31)30(24(21)35-28(3,4)36-30)33-17-18-11-8-7-9-12-18/h7-9,11-13,20-24,26H,10,14-17H2,1-6H3/t20-,21-,22-,23+,24-,26+,29+,30-/m0/s1. The van der Waals surface area contributed by atoms with Crippen LogP contribution < -0.4 is 0 Å². The number of carbonyl (C=O) groups is 1. The fraction of sp³-hybridized carbons (Fsp3) is 0.700. The summed E-state index contributed by atoms with van der Waals surface area (Å²) in [5, 5.41) is 0. The highest BCUT2D eigenvalue weighted by atomic mass is 16.8. The first-order chi connectivity index (χ1) is 17.0. The minimum absolute atomic E-state index is 0.00794. The number of benzene rings is 1. The van der Waals surface area contributed by atoms with Crippen molar-refractivity contribution in [1.29, 1.82) is 0 Å². The smallest absolute Gasteiger partial charge is 0.312 e. The van der Waals surface area contributed by atoms with Crippen molar-refractivity contribution in [2.75, 3.05) is 7.11 Å². The first-order valence-electron chi connectivity index (χ1n) is 13.5. The van der Waals surface area contributed by atoms with Crippen LogP contribution in [0.4, 0.5) is 0 Å². The Morgan fingerprint density at radius 1 is 1.03 bits per heavy atom. The van der Waals surface area contributed by atoms with Crippen molar-refractivity contribution in [3.8, 4) is 0 Å². The average Bonchev–Trinajstić information content (AvgIpc) is 3.49. The lowest BCUT2D eigenvalue weighted by atomic mass is 9.54. The molecule has 2 heterocycles. The van der Waals surface area contributed by atoms with Crippen LogP contribution in [0, 0.1) is 34.5 Å². The number of carbonyl (C=O) groups excluding carboxylic acids is 1. The summed E-state index contributed by atoms with van der Waals surface area (Å²) in [5.74, 6) is -2.74. The molecule has 0 spiro atoms. The molecule has 6 rings (SSSR count). The normalized spacial score (nSPS) is 44.1. The number of cyclic esters (lactones) is 1. The highest BCUT2D eigenvalue weighted by Crippen LogP contribution is 2.68. The Morgan fingerprint density at radius 2 is 1.78 bits per heavy atom. The van der Waals surface area contributed by atoms with Gasteiger partial charge in [0, 0.05) is 13.0 Å². The Hall–Kier alpha value is -1.73. The van der Waals surface area contributed by atoms with Crippen LogP contribution in [0.5, 0.6) is 0 Å². The first-order valence-corrected chi connectivity index (χ1v) is 13.5. The van der Waals surface area contributed by atoms with Crippen LogP contribution in [-0.2, 0) is 35.1 Å². The van der Waals surface area contributed by atoms with E-state index in [9.17, 15) is 4.79 Å². The van der Waals surface area contributed by atoms with Gasteiger partial charge in [0.15, 0.2) is 5.79 Å². The summed E-state index contributed by atoms with van der Waals surface area (Å²) < 4.78 is 31.7. The highest BCUT2D eigenvalue weighted by Gasteiger charge is 2.77. The SMILES string of the molecule is CO[C@@H]1OC(=O)[C@H]2[C@H](C3=CC[C@H]4C(C)(C)CCC[C@]34C)[C@@H]3OC(C)(C)O[C@@]3(OCc3ccccc3)[C@@H]12. The van der Waals surface area contributed by atoms with Gasteiger partial charge in [0.25, 0.3) is 0 Å². The molecule has 6 nitrogen and oxygen atoms in total. The van der Waals surface area contributed by atoms with Gasteiger partial charge in [-0.05, 0) is 55.4 Å². The van der Waals surface area contributed by atoms with Crippen molar-refractivity contribution in [2.45, 2.75) is 90.9 Å². The lowest BCUT2D eigenvalue weighted by molar-refractivity contribution is -0.301. The van der Waals surface area contributed by atoms with Crippen LogP contribution in [0.15, 0.2) is 42.0 Å². The monoisotopic (exact) mass is 496 g/mol. The minimum atomic E-state index is -1.15. The van der Waals surface area contributed by atoms with E-state index in [2.05, 4.69) is 26.8 Å². The lowest BCUT2D eigenvalue weighted by Crippen LogP contribution is -2.50. The molecule has 36 heavy (non-hydrogen) atoms. The van der Waals surface area contributed by atoms with Crippen molar-refractivity contribution < 1.29 is 28.5 Å². The van der Waals surface area contributed by atoms with Crippen LogP contribution in [0.2, 0.25) is 0 Å². The summed E-state index contributed by atoms with van der Waals surface area (Å²) in [4.78, 5) is 13.5. The maximum atomic E-state index is 13.5. The average molecular weight is 497 g/mol. The van der Waals surface area contributed by atoms with E-state index in [1.807, 2.05) is 44.2 Å². The number of ether oxygens (including phenoxy) is 5. The van der Waals surface area contributed by atoms with E-state index in [0.717, 1.165) is 18.4 Å². The summed E-state index contributed by atoms with van der Waals surface area (Å²) >= 11 is 0. The van der Waals surface area contributed by atoms with Crippen molar-refractivity contribution >= 4 is 5.97 Å². The Kier molecular flexibility index (Phi) is 5.56. The fourth-order valence-corrected chi connectivity index (χ4v) is 8.59. The molecular formula is C30H40O6. The van der Waals surface area contributed by atoms with E-state index in [1.165, 1.54) is 18.4 Å². The molecule has 3 aliphatic carbocycles. The Morgan fingerprint density at radius 3 is 2.50 bits per heavy atom. The van der Waals surface area contributed by atoms with Gasteiger partial charge < -0.3 is 23.7 Å². The Balaban J connectivity index is 1.44. The predicted octanol–water partition coefficient (Wildman–Crippen LogP) is 5.61. The van der Waals surface area contributed by atoms with Gasteiger partial charge >= 0.3 is 5.97 Å². The fourth-order valence-electron chi connectivity index (χ4n) is 8.59. The summed E-state index contributed by atoms with van der Waals surface area (Å²) in [5.41, 5.74) is 2.63. The molecule has 2 aliphatic heterocycles. The largest absolute Gasteiger partial charge is 0.435 e. The molecule has 1 aromatic rings. The van der Waals surface area contributed by atoms with Crippen LogP contribution in [0.3, 0.4) is 0 Å². The van der Waals surface area contributed by atoms with Crippen LogP contribution >= 0.6 is 0 Å².